The van der Waals surface area contributed by atoms with Gasteiger partial charge in [0.2, 0.25) is 0 Å². The topological polar surface area (TPSA) is 58.1 Å². The van der Waals surface area contributed by atoms with Crippen LogP contribution in [0.2, 0.25) is 0 Å². The Morgan fingerprint density at radius 2 is 2.00 bits per heavy atom. The highest BCUT2D eigenvalue weighted by Crippen LogP contribution is 2.14. The Labute approximate surface area is 169 Å². The fraction of sp³-hybridized carbons (Fsp3) is 0.611. The highest BCUT2D eigenvalue weighted by Gasteiger charge is 2.00. The maximum absolute atomic E-state index is 5.77. The Bertz CT molecular complexity index is 484. The molecule has 0 aliphatic carbocycles. The van der Waals surface area contributed by atoms with Crippen molar-refractivity contribution in [1.82, 2.24) is 15.5 Å². The van der Waals surface area contributed by atoms with Gasteiger partial charge < -0.3 is 25.0 Å². The van der Waals surface area contributed by atoms with Gasteiger partial charge in [0.05, 0.1) is 6.54 Å². The highest BCUT2D eigenvalue weighted by atomic mass is 127. The largest absolute Gasteiger partial charge is 0.492 e. The lowest BCUT2D eigenvalue weighted by Crippen LogP contribution is -2.38. The lowest BCUT2D eigenvalue weighted by Gasteiger charge is -2.12. The summed E-state index contributed by atoms with van der Waals surface area (Å²) in [6.07, 6.45) is 0.954. The number of rotatable bonds is 11. The summed E-state index contributed by atoms with van der Waals surface area (Å²) in [5.74, 6) is 1.72. The van der Waals surface area contributed by atoms with Crippen molar-refractivity contribution in [3.63, 3.8) is 0 Å². The van der Waals surface area contributed by atoms with Crippen LogP contribution in [0.25, 0.3) is 0 Å². The van der Waals surface area contributed by atoms with E-state index in [9.17, 15) is 0 Å². The molecule has 0 atom stereocenters. The number of methoxy groups -OCH3 is 1. The third-order valence-corrected chi connectivity index (χ3v) is 3.29. The van der Waals surface area contributed by atoms with Gasteiger partial charge in [-0.3, -0.25) is 0 Å². The Balaban J connectivity index is 0.00000576. The summed E-state index contributed by atoms with van der Waals surface area (Å²) < 4.78 is 10.8. The molecule has 0 aliphatic rings. The quantitative estimate of drug-likeness (QED) is 0.228. The van der Waals surface area contributed by atoms with Gasteiger partial charge in [0.15, 0.2) is 5.96 Å². The molecule has 0 unspecified atom stereocenters. The van der Waals surface area contributed by atoms with Gasteiger partial charge in [0.1, 0.15) is 12.4 Å². The molecule has 6 nitrogen and oxygen atoms in total. The number of hydrogen-bond donors (Lipinski definition) is 2. The van der Waals surface area contributed by atoms with Crippen LogP contribution in [0.5, 0.6) is 5.75 Å². The molecule has 2 N–H and O–H groups in total. The minimum atomic E-state index is 0. The average molecular weight is 464 g/mol. The first kappa shape index (κ1) is 23.9. The standard InChI is InChI=1S/C18H32N4O2.HI/c1-5-19-18(20-10-7-12-23-4)21-15-16-8-6-9-17(14-16)24-13-11-22(2)3;/h6,8-9,14H,5,7,10-13,15H2,1-4H3,(H2,19,20,21);1H. The van der Waals surface area contributed by atoms with Crippen molar-refractivity contribution in [3.05, 3.63) is 29.8 Å². The normalized spacial score (nSPS) is 11.2. The number of nitrogens with one attached hydrogen (secondary N) is 2. The van der Waals surface area contributed by atoms with Crippen molar-refractivity contribution in [2.45, 2.75) is 19.9 Å². The van der Waals surface area contributed by atoms with Crippen molar-refractivity contribution >= 4 is 29.9 Å². The van der Waals surface area contributed by atoms with E-state index in [0.717, 1.165) is 49.9 Å². The molecule has 0 aliphatic heterocycles. The average Bonchev–Trinajstić information content (AvgIpc) is 2.56. The number of halogens is 1. The molecule has 25 heavy (non-hydrogen) atoms. The molecule has 144 valence electrons. The third kappa shape index (κ3) is 12.0. The maximum Gasteiger partial charge on any atom is 0.191 e. The van der Waals surface area contributed by atoms with Crippen molar-refractivity contribution in [3.8, 4) is 5.75 Å². The summed E-state index contributed by atoms with van der Waals surface area (Å²) in [5, 5.41) is 6.56. The van der Waals surface area contributed by atoms with Gasteiger partial charge in [-0.25, -0.2) is 4.99 Å². The van der Waals surface area contributed by atoms with Gasteiger partial charge in [0.25, 0.3) is 0 Å². The molecule has 1 aromatic carbocycles. The number of hydrogen-bond acceptors (Lipinski definition) is 4. The smallest absolute Gasteiger partial charge is 0.191 e. The first-order valence-electron chi connectivity index (χ1n) is 8.53. The van der Waals surface area contributed by atoms with Gasteiger partial charge in [0, 0.05) is 33.4 Å². The number of nitrogens with zero attached hydrogens (tertiary/aromatic N) is 2. The Hall–Kier alpha value is -1.06. The van der Waals surface area contributed by atoms with Gasteiger partial charge >= 0.3 is 0 Å². The number of ether oxygens (including phenoxy) is 2. The van der Waals surface area contributed by atoms with Crippen LogP contribution in [0.4, 0.5) is 0 Å². The lowest BCUT2D eigenvalue weighted by atomic mass is 10.2. The second-order valence-electron chi connectivity index (χ2n) is 5.77. The minimum absolute atomic E-state index is 0. The Morgan fingerprint density at radius 3 is 2.68 bits per heavy atom. The zero-order chi connectivity index (χ0) is 17.6. The SMILES string of the molecule is CCNC(=NCc1cccc(OCCN(C)C)c1)NCCCOC.I. The number of aliphatic imine (C=N–C) groups is 1. The van der Waals surface area contributed by atoms with Crippen LogP contribution in [0.1, 0.15) is 18.9 Å². The second-order valence-corrected chi connectivity index (χ2v) is 5.77. The number of benzene rings is 1. The molecule has 0 aromatic heterocycles. The molecule has 1 aromatic rings. The van der Waals surface area contributed by atoms with Crippen LogP contribution in [0, 0.1) is 0 Å². The summed E-state index contributed by atoms with van der Waals surface area (Å²) in [7, 11) is 5.79. The molecule has 7 heteroatoms. The van der Waals surface area contributed by atoms with Gasteiger partial charge in [-0.15, -0.1) is 24.0 Å². The van der Waals surface area contributed by atoms with Crippen LogP contribution in [-0.4, -0.2) is 64.9 Å². The zero-order valence-electron chi connectivity index (χ0n) is 15.9. The van der Waals surface area contributed by atoms with E-state index in [1.54, 1.807) is 7.11 Å². The van der Waals surface area contributed by atoms with E-state index in [2.05, 4.69) is 33.5 Å². The summed E-state index contributed by atoms with van der Waals surface area (Å²) in [4.78, 5) is 6.72. The highest BCUT2D eigenvalue weighted by molar-refractivity contribution is 14.0. The van der Waals surface area contributed by atoms with E-state index in [1.807, 2.05) is 32.3 Å². The van der Waals surface area contributed by atoms with E-state index < -0.39 is 0 Å². The van der Waals surface area contributed by atoms with E-state index in [1.165, 1.54) is 0 Å². The molecule has 0 spiro atoms. The molecular weight excluding hydrogens is 431 g/mol. The number of guanidine groups is 1. The fourth-order valence-corrected chi connectivity index (χ4v) is 2.02. The first-order chi connectivity index (χ1) is 11.7. The predicted octanol–water partition coefficient (Wildman–Crippen LogP) is 2.34. The molecular formula is C18H33IN4O2. The van der Waals surface area contributed by atoms with E-state index >= 15 is 0 Å². The number of likely N-dealkylation sites (N-methyl/N-ethyl adjacent to an activating group) is 1. The van der Waals surface area contributed by atoms with Crippen molar-refractivity contribution in [1.29, 1.82) is 0 Å². The van der Waals surface area contributed by atoms with E-state index in [0.29, 0.717) is 13.2 Å². The molecule has 0 saturated carbocycles. The van der Waals surface area contributed by atoms with Crippen LogP contribution in [-0.2, 0) is 11.3 Å². The lowest BCUT2D eigenvalue weighted by molar-refractivity contribution is 0.195. The second kappa shape index (κ2) is 15.2. The molecule has 0 radical (unpaired) electrons. The summed E-state index contributed by atoms with van der Waals surface area (Å²) >= 11 is 0. The van der Waals surface area contributed by atoms with Gasteiger partial charge in [-0.2, -0.15) is 0 Å². The molecule has 0 amide bonds. The molecule has 0 heterocycles. The minimum Gasteiger partial charge on any atom is -0.492 e. The first-order valence-corrected chi connectivity index (χ1v) is 8.53. The predicted molar refractivity (Wildman–Crippen MR) is 115 cm³/mol. The maximum atomic E-state index is 5.77. The van der Waals surface area contributed by atoms with E-state index in [4.69, 9.17) is 9.47 Å². The summed E-state index contributed by atoms with van der Waals surface area (Å²) in [5.41, 5.74) is 1.13. The van der Waals surface area contributed by atoms with E-state index in [-0.39, 0.29) is 24.0 Å². The van der Waals surface area contributed by atoms with Gasteiger partial charge in [-0.05, 0) is 45.1 Å². The third-order valence-electron chi connectivity index (χ3n) is 3.29. The van der Waals surface area contributed by atoms with Crippen LogP contribution in [0.3, 0.4) is 0 Å². The summed E-state index contributed by atoms with van der Waals surface area (Å²) in [6, 6.07) is 8.11. The van der Waals surface area contributed by atoms with Crippen LogP contribution < -0.4 is 15.4 Å². The molecule has 0 saturated heterocycles. The van der Waals surface area contributed by atoms with Crippen LogP contribution in [0.15, 0.2) is 29.3 Å². The Kier molecular flexibility index (Phi) is 14.6. The monoisotopic (exact) mass is 464 g/mol. The molecule has 0 fully saturated rings. The zero-order valence-corrected chi connectivity index (χ0v) is 18.2. The Morgan fingerprint density at radius 1 is 1.20 bits per heavy atom. The molecule has 0 bridgehead atoms. The fourth-order valence-electron chi connectivity index (χ4n) is 2.02. The van der Waals surface area contributed by atoms with Crippen molar-refractivity contribution in [2.75, 3.05) is 54.1 Å². The molecule has 1 rings (SSSR count). The van der Waals surface area contributed by atoms with Crippen LogP contribution >= 0.6 is 24.0 Å². The van der Waals surface area contributed by atoms with Gasteiger partial charge in [-0.1, -0.05) is 12.1 Å². The summed E-state index contributed by atoms with van der Waals surface area (Å²) in [6.45, 7) is 6.69. The van der Waals surface area contributed by atoms with Crippen molar-refractivity contribution < 1.29 is 9.47 Å². The van der Waals surface area contributed by atoms with Crippen molar-refractivity contribution in [2.24, 2.45) is 4.99 Å².